The van der Waals surface area contributed by atoms with E-state index in [1.54, 1.807) is 0 Å². The van der Waals surface area contributed by atoms with Crippen molar-refractivity contribution in [1.29, 1.82) is 15.8 Å². The van der Waals surface area contributed by atoms with Gasteiger partial charge in [0, 0.05) is 38.5 Å². The molecule has 2 unspecified atom stereocenters. The summed E-state index contributed by atoms with van der Waals surface area (Å²) >= 11 is 0. The van der Waals surface area contributed by atoms with Crippen molar-refractivity contribution in [2.24, 2.45) is 0 Å². The van der Waals surface area contributed by atoms with E-state index < -0.39 is 28.4 Å². The zero-order valence-electron chi connectivity index (χ0n) is 29.5. The number of hydrogen-bond acceptors (Lipinski definition) is 6. The van der Waals surface area contributed by atoms with Crippen molar-refractivity contribution in [2.75, 3.05) is 0 Å². The van der Waals surface area contributed by atoms with Crippen molar-refractivity contribution in [3.05, 3.63) is 6.92 Å². The molecule has 0 aliphatic rings. The number of aliphatic hydroxyl groups excluding tert-OH is 2. The number of hydrogen-bond donors (Lipinski definition) is 2. The van der Waals surface area contributed by atoms with E-state index in [2.05, 4.69) is 112 Å². The van der Waals surface area contributed by atoms with Gasteiger partial charge in [-0.3, -0.25) is 4.79 Å². The Morgan fingerprint density at radius 1 is 0.717 bits per heavy atom. The quantitative estimate of drug-likeness (QED) is 0.143. The second-order valence-corrected chi connectivity index (χ2v) is 20.4. The maximum absolute atomic E-state index is 9.70. The summed E-state index contributed by atoms with van der Waals surface area (Å²) in [6, 6.07) is 6.05. The summed E-state index contributed by atoms with van der Waals surface area (Å²) in [6.45, 7) is 18.4. The molecule has 0 spiro atoms. The van der Waals surface area contributed by atoms with Gasteiger partial charge in [0.05, 0.1) is 18.2 Å². The number of carbonyl (C=O) groups excluding carboxylic acids is 1. The number of rotatable bonds is 7. The summed E-state index contributed by atoms with van der Waals surface area (Å²) < 4.78 is 0. The molecule has 0 rings (SSSR count). The molecule has 0 bridgehead atoms. The minimum absolute atomic E-state index is 0. The molecule has 0 saturated carbocycles. The van der Waals surface area contributed by atoms with Crippen molar-refractivity contribution in [3.63, 3.8) is 0 Å². The minimum atomic E-state index is -1.41. The third-order valence-corrected chi connectivity index (χ3v) is 5.66. The molecule has 2 N–H and O–H groups in total. The Morgan fingerprint density at radius 3 is 1.39 bits per heavy atom. The van der Waals surface area contributed by atoms with Crippen LogP contribution in [0.1, 0.15) is 77.6 Å². The van der Waals surface area contributed by atoms with Crippen molar-refractivity contribution >= 4 is 22.4 Å². The fraction of sp³-hybridized carbons (Fsp3) is 0.541. The van der Waals surface area contributed by atoms with Crippen LogP contribution < -0.4 is 18.9 Å². The van der Waals surface area contributed by atoms with Crippen LogP contribution in [0.2, 0.25) is 39.3 Å². The second-order valence-electron chi connectivity index (χ2n) is 10.9. The molecule has 9 heteroatoms. The molecule has 0 amide bonds. The van der Waals surface area contributed by atoms with E-state index in [0.717, 1.165) is 32.1 Å². The molecule has 2 atom stereocenters. The van der Waals surface area contributed by atoms with E-state index in [-0.39, 0.29) is 18.9 Å². The second kappa shape index (κ2) is 43.6. The Morgan fingerprint density at radius 2 is 1.11 bits per heavy atom. The van der Waals surface area contributed by atoms with Crippen LogP contribution in [0.25, 0.3) is 0 Å². The van der Waals surface area contributed by atoms with Gasteiger partial charge in [-0.1, -0.05) is 88.1 Å². The van der Waals surface area contributed by atoms with E-state index in [9.17, 15) is 9.90 Å². The first-order chi connectivity index (χ1) is 21.2. The number of nitrogens with zero attached hydrogens (tertiary/aromatic N) is 3. The Balaban J connectivity index is -0.000000115. The van der Waals surface area contributed by atoms with Crippen LogP contribution in [0.5, 0.6) is 0 Å². The molecule has 0 radical (unpaired) electrons. The predicted molar refractivity (Wildman–Crippen MR) is 192 cm³/mol. The van der Waals surface area contributed by atoms with Gasteiger partial charge in [-0.05, 0) is 25.2 Å². The molecule has 46 heavy (non-hydrogen) atoms. The van der Waals surface area contributed by atoms with Gasteiger partial charge in [-0.2, -0.15) is 22.2 Å². The maximum Gasteiger partial charge on any atom is 1.00 e. The Kier molecular flexibility index (Phi) is 52.0. The molecule has 0 aliphatic heterocycles. The average Bonchev–Trinajstić information content (AvgIpc) is 2.99. The van der Waals surface area contributed by atoms with Crippen LogP contribution in [-0.4, -0.2) is 44.9 Å². The smallest absolute Gasteiger partial charge is 0.369 e. The first kappa shape index (κ1) is 54.9. The van der Waals surface area contributed by atoms with E-state index in [1.165, 1.54) is 6.42 Å². The van der Waals surface area contributed by atoms with Gasteiger partial charge in [0.1, 0.15) is 16.1 Å². The van der Waals surface area contributed by atoms with Crippen molar-refractivity contribution in [1.82, 2.24) is 0 Å². The van der Waals surface area contributed by atoms with Gasteiger partial charge in [0.15, 0.2) is 18.5 Å². The SMILES string of the molecule is C#CC(O)C#CCCCC#N.C#CCCCC#N.C[Si](C)(C)C#CC(O)C#CCCCC#N.C[Si](C)(C)C#CC=O.[CH2-]CCC.[Li+]. The Hall–Kier alpha value is -3.55. The van der Waals surface area contributed by atoms with Gasteiger partial charge < -0.3 is 17.1 Å². The van der Waals surface area contributed by atoms with Crippen LogP contribution >= 0.6 is 0 Å². The first-order valence-corrected chi connectivity index (χ1v) is 21.8. The van der Waals surface area contributed by atoms with Gasteiger partial charge in [-0.25, -0.2) is 0 Å². The summed E-state index contributed by atoms with van der Waals surface area (Å²) in [6.07, 6.45) is 16.8. The molecule has 0 saturated heterocycles. The summed E-state index contributed by atoms with van der Waals surface area (Å²) in [5.74, 6) is 20.3. The number of terminal acetylenes is 2. The van der Waals surface area contributed by atoms with Crippen molar-refractivity contribution in [2.45, 2.75) is 129 Å². The molecule has 6 nitrogen and oxygen atoms in total. The molecule has 0 aliphatic carbocycles. The maximum atomic E-state index is 9.70. The summed E-state index contributed by atoms with van der Waals surface area (Å²) in [7, 11) is -2.68. The number of nitriles is 3. The number of unbranched alkanes of at least 4 members (excludes halogenated alkanes) is 7. The van der Waals surface area contributed by atoms with Crippen LogP contribution in [0, 0.1) is 112 Å². The fourth-order valence-corrected chi connectivity index (χ4v) is 2.79. The minimum Gasteiger partial charge on any atom is -0.369 e. The standard InChI is InChI=1S/C12H17NOSi.C9H9NO.C6H7N.C6H10OSi.C4H9.Li/c1-15(2,3)11-9-12(14)8-6-4-5-7-10-13;1-2-9(11)7-5-3-4-6-8-10;1-2-3-4-5-6-7;1-8(2,3)6-4-5-7;1-3-4-2;/h12,14H,4-5,7H2,1-3H3;1,9,11H,3-4,6H2;1H,3-5H2;5H,1-3H3;1,3-4H2,2H3;/q;;;;-1;+1. The predicted octanol–water partition coefficient (Wildman–Crippen LogP) is 3.61. The molecule has 0 heterocycles. The van der Waals surface area contributed by atoms with Crippen LogP contribution in [0.15, 0.2) is 0 Å². The largest absolute Gasteiger partial charge is 1.00 e. The topological polar surface area (TPSA) is 129 Å². The van der Waals surface area contributed by atoms with E-state index in [4.69, 9.17) is 33.7 Å². The molecule has 0 aromatic carbocycles. The fourth-order valence-electron chi connectivity index (χ4n) is 1.73. The molecule has 0 aromatic rings. The molecular weight excluding hydrogens is 598 g/mol. The monoisotopic (exact) mass is 649 g/mol. The van der Waals surface area contributed by atoms with Crippen LogP contribution in [0.4, 0.5) is 0 Å². The third kappa shape index (κ3) is 77.8. The third-order valence-electron chi connectivity index (χ3n) is 3.87. The van der Waals surface area contributed by atoms with Gasteiger partial charge in [0.25, 0.3) is 0 Å². The molecule has 0 aromatic heterocycles. The summed E-state index contributed by atoms with van der Waals surface area (Å²) in [5, 5.41) is 42.5. The van der Waals surface area contributed by atoms with E-state index in [0.29, 0.717) is 38.4 Å². The average molecular weight is 650 g/mol. The number of carbonyl (C=O) groups is 1. The molecule has 0 fully saturated rings. The van der Waals surface area contributed by atoms with Crippen molar-refractivity contribution in [3.8, 4) is 89.5 Å². The van der Waals surface area contributed by atoms with Gasteiger partial charge >= 0.3 is 18.9 Å². The van der Waals surface area contributed by atoms with Crippen LogP contribution in [-0.2, 0) is 4.79 Å². The molecular formula is C37H52LiN3O3Si2. The Labute approximate surface area is 296 Å². The zero-order chi connectivity index (χ0) is 35.8. The normalized spacial score (nSPS) is 9.41. The summed E-state index contributed by atoms with van der Waals surface area (Å²) in [4.78, 5) is 9.70. The number of aliphatic hydroxyl groups is 2. The van der Waals surface area contributed by atoms with E-state index in [1.807, 2.05) is 18.2 Å². The summed E-state index contributed by atoms with van der Waals surface area (Å²) in [5.41, 5.74) is 5.95. The Bertz CT molecular complexity index is 1200. The molecule has 242 valence electrons. The number of aldehydes is 1. The van der Waals surface area contributed by atoms with Crippen molar-refractivity contribution < 1.29 is 33.9 Å². The first-order valence-electron chi connectivity index (χ1n) is 14.8. The zero-order valence-corrected chi connectivity index (χ0v) is 31.5. The van der Waals surface area contributed by atoms with Crippen LogP contribution in [0.3, 0.4) is 0 Å². The van der Waals surface area contributed by atoms with Gasteiger partial charge in [0.2, 0.25) is 0 Å². The van der Waals surface area contributed by atoms with Gasteiger partial charge in [-0.15, -0.1) is 29.9 Å². The van der Waals surface area contributed by atoms with E-state index >= 15 is 0 Å².